The normalized spacial score (nSPS) is 11.3. The zero-order valence-corrected chi connectivity index (χ0v) is 21.1. The Morgan fingerprint density at radius 2 is 1.65 bits per heavy atom. The standard InChI is InChI=1S/C27H23ClN4O4S/c28-25-11-5-4-8-22(25)20-36-23-15-13-21(14-16-23)18-30-31-27(33)19-32(26-12-6-7-17-29-26)37(34,35)24-9-2-1-3-10-24/h1-18H,19-20H2,(H,31,33)/b30-18-. The van der Waals surface area contributed by atoms with Gasteiger partial charge in [0.1, 0.15) is 24.7 Å². The molecule has 0 spiro atoms. The Kier molecular flexibility index (Phi) is 8.50. The largest absolute Gasteiger partial charge is 0.489 e. The first-order valence-corrected chi connectivity index (χ1v) is 13.0. The summed E-state index contributed by atoms with van der Waals surface area (Å²) in [6, 6.07) is 27.2. The van der Waals surface area contributed by atoms with E-state index in [2.05, 4.69) is 15.5 Å². The maximum Gasteiger partial charge on any atom is 0.265 e. The summed E-state index contributed by atoms with van der Waals surface area (Å²) in [6.07, 6.45) is 2.91. The third-order valence-corrected chi connectivity index (χ3v) is 7.29. The van der Waals surface area contributed by atoms with Crippen LogP contribution in [0.2, 0.25) is 5.02 Å². The summed E-state index contributed by atoms with van der Waals surface area (Å²) < 4.78 is 33.1. The number of ether oxygens (including phenoxy) is 1. The van der Waals surface area contributed by atoms with Gasteiger partial charge in [-0.05, 0) is 60.2 Å². The molecule has 0 aliphatic heterocycles. The van der Waals surface area contributed by atoms with E-state index in [0.29, 0.717) is 22.9 Å². The number of halogens is 1. The molecular weight excluding hydrogens is 512 g/mol. The number of anilines is 1. The highest BCUT2D eigenvalue weighted by molar-refractivity contribution is 7.92. The quantitative estimate of drug-likeness (QED) is 0.235. The van der Waals surface area contributed by atoms with Crippen molar-refractivity contribution in [1.29, 1.82) is 0 Å². The van der Waals surface area contributed by atoms with Gasteiger partial charge in [0.25, 0.3) is 15.9 Å². The fourth-order valence-electron chi connectivity index (χ4n) is 3.28. The van der Waals surface area contributed by atoms with Crippen LogP contribution in [0, 0.1) is 0 Å². The molecule has 0 aliphatic rings. The molecule has 0 unspecified atom stereocenters. The van der Waals surface area contributed by atoms with Crippen molar-refractivity contribution in [3.05, 3.63) is 119 Å². The van der Waals surface area contributed by atoms with Crippen LogP contribution in [0.3, 0.4) is 0 Å². The van der Waals surface area contributed by atoms with Gasteiger partial charge in [0.2, 0.25) is 0 Å². The third-order valence-electron chi connectivity index (χ3n) is 5.16. The molecule has 3 aromatic carbocycles. The lowest BCUT2D eigenvalue weighted by molar-refractivity contribution is -0.119. The van der Waals surface area contributed by atoms with Crippen LogP contribution in [0.4, 0.5) is 5.82 Å². The average molecular weight is 535 g/mol. The van der Waals surface area contributed by atoms with Crippen molar-refractivity contribution in [2.24, 2.45) is 5.10 Å². The Labute approximate surface area is 220 Å². The van der Waals surface area contributed by atoms with Gasteiger partial charge in [-0.25, -0.2) is 23.1 Å². The van der Waals surface area contributed by atoms with E-state index in [1.54, 1.807) is 60.7 Å². The van der Waals surface area contributed by atoms with E-state index in [4.69, 9.17) is 16.3 Å². The first-order chi connectivity index (χ1) is 17.9. The minimum absolute atomic E-state index is 0.0498. The molecule has 8 nitrogen and oxygen atoms in total. The van der Waals surface area contributed by atoms with E-state index in [0.717, 1.165) is 9.87 Å². The minimum Gasteiger partial charge on any atom is -0.489 e. The molecule has 1 N–H and O–H groups in total. The number of carbonyl (C=O) groups is 1. The number of aromatic nitrogens is 1. The molecule has 4 rings (SSSR count). The zero-order chi connectivity index (χ0) is 26.1. The number of hydrogen-bond acceptors (Lipinski definition) is 6. The van der Waals surface area contributed by atoms with Gasteiger partial charge in [0, 0.05) is 16.8 Å². The highest BCUT2D eigenvalue weighted by Crippen LogP contribution is 2.21. The first-order valence-electron chi connectivity index (χ1n) is 11.2. The lowest BCUT2D eigenvalue weighted by Gasteiger charge is -2.22. The molecule has 0 bridgehead atoms. The van der Waals surface area contributed by atoms with E-state index in [1.165, 1.54) is 30.6 Å². The Hall–Kier alpha value is -4.21. The monoisotopic (exact) mass is 534 g/mol. The van der Waals surface area contributed by atoms with Crippen LogP contribution in [-0.4, -0.2) is 32.1 Å². The van der Waals surface area contributed by atoms with Crippen molar-refractivity contribution in [1.82, 2.24) is 10.4 Å². The Morgan fingerprint density at radius 3 is 2.35 bits per heavy atom. The molecule has 0 fully saturated rings. The predicted molar refractivity (Wildman–Crippen MR) is 143 cm³/mol. The number of benzene rings is 3. The SMILES string of the molecule is O=C(CN(c1ccccn1)S(=O)(=O)c1ccccc1)N/N=C\c1ccc(OCc2ccccc2Cl)cc1. The summed E-state index contributed by atoms with van der Waals surface area (Å²) in [4.78, 5) is 16.8. The highest BCUT2D eigenvalue weighted by Gasteiger charge is 2.27. The van der Waals surface area contributed by atoms with Crippen molar-refractivity contribution >= 4 is 39.6 Å². The number of hydrogen-bond donors (Lipinski definition) is 1. The molecule has 1 heterocycles. The molecule has 0 aliphatic carbocycles. The smallest absolute Gasteiger partial charge is 0.265 e. The average Bonchev–Trinajstić information content (AvgIpc) is 2.93. The van der Waals surface area contributed by atoms with Crippen LogP contribution in [-0.2, 0) is 21.4 Å². The highest BCUT2D eigenvalue weighted by atomic mass is 35.5. The number of hydrazone groups is 1. The molecule has 1 amide bonds. The maximum absolute atomic E-state index is 13.2. The van der Waals surface area contributed by atoms with Crippen LogP contribution in [0.15, 0.2) is 113 Å². The number of rotatable bonds is 10. The third kappa shape index (κ3) is 6.93. The second-order valence-electron chi connectivity index (χ2n) is 7.75. The van der Waals surface area contributed by atoms with Gasteiger partial charge < -0.3 is 4.74 Å². The molecule has 0 atom stereocenters. The van der Waals surface area contributed by atoms with E-state index in [-0.39, 0.29) is 10.7 Å². The molecule has 0 saturated heterocycles. The van der Waals surface area contributed by atoms with Gasteiger partial charge in [0.15, 0.2) is 0 Å². The van der Waals surface area contributed by atoms with Gasteiger partial charge >= 0.3 is 0 Å². The number of carbonyl (C=O) groups excluding carboxylic acids is 1. The van der Waals surface area contributed by atoms with Crippen LogP contribution < -0.4 is 14.5 Å². The number of pyridine rings is 1. The zero-order valence-electron chi connectivity index (χ0n) is 19.6. The van der Waals surface area contributed by atoms with Crippen molar-refractivity contribution in [2.45, 2.75) is 11.5 Å². The van der Waals surface area contributed by atoms with Crippen molar-refractivity contribution in [3.8, 4) is 5.75 Å². The minimum atomic E-state index is -4.02. The molecule has 37 heavy (non-hydrogen) atoms. The molecule has 0 radical (unpaired) electrons. The van der Waals surface area contributed by atoms with Crippen LogP contribution >= 0.6 is 11.6 Å². The first kappa shape index (κ1) is 25.9. The fourth-order valence-corrected chi connectivity index (χ4v) is 4.87. The van der Waals surface area contributed by atoms with Gasteiger partial charge in [-0.2, -0.15) is 5.10 Å². The van der Waals surface area contributed by atoms with Crippen LogP contribution in [0.5, 0.6) is 5.75 Å². The number of amides is 1. The number of sulfonamides is 1. The predicted octanol–water partition coefficient (Wildman–Crippen LogP) is 4.66. The van der Waals surface area contributed by atoms with E-state index >= 15 is 0 Å². The number of nitrogens with zero attached hydrogens (tertiary/aromatic N) is 3. The Morgan fingerprint density at radius 1 is 0.946 bits per heavy atom. The summed E-state index contributed by atoms with van der Waals surface area (Å²) in [5, 5.41) is 4.59. The molecule has 1 aromatic heterocycles. The van der Waals surface area contributed by atoms with Gasteiger partial charge in [-0.3, -0.25) is 4.79 Å². The Bertz CT molecular complexity index is 1470. The Balaban J connectivity index is 1.38. The summed E-state index contributed by atoms with van der Waals surface area (Å²) in [5.74, 6) is 0.150. The summed E-state index contributed by atoms with van der Waals surface area (Å²) in [5.41, 5.74) is 3.97. The van der Waals surface area contributed by atoms with Crippen LogP contribution in [0.25, 0.3) is 0 Å². The van der Waals surface area contributed by atoms with E-state index < -0.39 is 22.5 Å². The summed E-state index contributed by atoms with van der Waals surface area (Å²) in [7, 11) is -4.02. The summed E-state index contributed by atoms with van der Waals surface area (Å²) in [6.45, 7) is -0.164. The topological polar surface area (TPSA) is 101 Å². The number of nitrogens with one attached hydrogen (secondary N) is 1. The van der Waals surface area contributed by atoms with Gasteiger partial charge in [0.05, 0.1) is 11.1 Å². The second kappa shape index (κ2) is 12.2. The van der Waals surface area contributed by atoms with Crippen LogP contribution in [0.1, 0.15) is 11.1 Å². The summed E-state index contributed by atoms with van der Waals surface area (Å²) >= 11 is 6.15. The molecule has 10 heteroatoms. The second-order valence-corrected chi connectivity index (χ2v) is 10.0. The molecule has 0 saturated carbocycles. The van der Waals surface area contributed by atoms with Crippen molar-refractivity contribution in [2.75, 3.05) is 10.8 Å². The lowest BCUT2D eigenvalue weighted by atomic mass is 10.2. The van der Waals surface area contributed by atoms with E-state index in [1.807, 2.05) is 18.2 Å². The molecule has 4 aromatic rings. The lowest BCUT2D eigenvalue weighted by Crippen LogP contribution is -2.40. The molecular formula is C27H23ClN4O4S. The van der Waals surface area contributed by atoms with Gasteiger partial charge in [-0.1, -0.05) is 54.1 Å². The maximum atomic E-state index is 13.2. The van der Waals surface area contributed by atoms with Crippen molar-refractivity contribution < 1.29 is 17.9 Å². The van der Waals surface area contributed by atoms with Crippen molar-refractivity contribution in [3.63, 3.8) is 0 Å². The van der Waals surface area contributed by atoms with E-state index in [9.17, 15) is 13.2 Å². The fraction of sp³-hybridized carbons (Fsp3) is 0.0741. The van der Waals surface area contributed by atoms with Gasteiger partial charge in [-0.15, -0.1) is 0 Å². The molecule has 188 valence electrons.